The van der Waals surface area contributed by atoms with E-state index < -0.39 is 97.9 Å². The number of hydrogen-bond acceptors (Lipinski definition) is 30. The molecular weight excluding hydrogens is 1740 g/mol. The number of nitrogens with two attached hydrogens (primary N) is 2. The van der Waals surface area contributed by atoms with Crippen molar-refractivity contribution in [1.29, 1.82) is 0 Å². The molecule has 8 amide bonds. The molecule has 0 aliphatic carbocycles. The largest absolute Gasteiger partial charge is 0.491 e. The first-order valence-corrected chi connectivity index (χ1v) is 43.3. The highest BCUT2D eigenvalue weighted by molar-refractivity contribution is 7.07. The number of thiazole rings is 1. The van der Waals surface area contributed by atoms with Gasteiger partial charge in [0.1, 0.15) is 65.0 Å². The quantitative estimate of drug-likeness (QED) is 0.0198. The van der Waals surface area contributed by atoms with Crippen molar-refractivity contribution in [3.05, 3.63) is 167 Å². The Kier molecular flexibility index (Phi) is 27.7. The van der Waals surface area contributed by atoms with Gasteiger partial charge in [0.15, 0.2) is 57.9 Å². The van der Waals surface area contributed by atoms with Crippen molar-refractivity contribution in [2.75, 3.05) is 133 Å². The predicted molar refractivity (Wildman–Crippen MR) is 473 cm³/mol. The molecule has 10 aromatic heterocycles. The van der Waals surface area contributed by atoms with Gasteiger partial charge in [-0.15, -0.1) is 11.3 Å². The molecule has 18 rings (SSSR count). The Morgan fingerprint density at radius 3 is 1.43 bits per heavy atom. The van der Waals surface area contributed by atoms with Gasteiger partial charge in [-0.2, -0.15) is 31.4 Å². The summed E-state index contributed by atoms with van der Waals surface area (Å²) in [5.74, 6) is 1.72. The maximum atomic E-state index is 13.4. The lowest BCUT2D eigenvalue weighted by Gasteiger charge is -2.35. The van der Waals surface area contributed by atoms with E-state index in [9.17, 15) is 74.9 Å². The fourth-order valence-electron chi connectivity index (χ4n) is 16.3. The topological polar surface area (TPSA) is 490 Å². The van der Waals surface area contributed by atoms with Crippen molar-refractivity contribution in [1.82, 2.24) is 60.0 Å². The lowest BCUT2D eigenvalue weighted by atomic mass is 9.87. The normalized spacial score (nSPS) is 17.8. The fraction of sp³-hybridized carbons (Fsp3) is 0.407. The average molecular weight is 1830 g/mol. The number of alkyl halides is 6. The summed E-state index contributed by atoms with van der Waals surface area (Å²) in [7, 11) is 0. The monoisotopic (exact) mass is 1830 g/mol. The molecule has 12 N–H and O–H groups in total. The van der Waals surface area contributed by atoms with Gasteiger partial charge in [0.2, 0.25) is 5.95 Å². The Hall–Kier alpha value is -13.6. The van der Waals surface area contributed by atoms with Crippen LogP contribution in [-0.2, 0) is 6.42 Å². The average Bonchev–Trinajstić information content (AvgIpc) is 1.66. The Morgan fingerprint density at radius 2 is 0.977 bits per heavy atom. The molecule has 0 unspecified atom stereocenters. The number of anilines is 12. The van der Waals surface area contributed by atoms with E-state index in [4.69, 9.17) is 21.3 Å². The molecule has 45 heteroatoms. The highest BCUT2D eigenvalue weighted by Gasteiger charge is 2.47. The summed E-state index contributed by atoms with van der Waals surface area (Å²) in [6, 6.07) is 20.9. The number of urea groups is 4. The molecule has 131 heavy (non-hydrogen) atoms. The van der Waals surface area contributed by atoms with Crippen LogP contribution in [0.5, 0.6) is 5.75 Å². The number of ketones is 4. The zero-order chi connectivity index (χ0) is 92.7. The third-order valence-electron chi connectivity index (χ3n) is 23.3. The first kappa shape index (κ1) is 92.1. The number of aliphatic hydroxyl groups excluding tert-OH is 3. The van der Waals surface area contributed by atoms with E-state index in [1.54, 1.807) is 82.2 Å². The minimum absolute atomic E-state index is 0.00190. The number of nitrogens with one attached hydrogen (secondary N) is 5. The van der Waals surface area contributed by atoms with Gasteiger partial charge < -0.3 is 51.1 Å². The van der Waals surface area contributed by atoms with Crippen LogP contribution in [0.3, 0.4) is 0 Å². The van der Waals surface area contributed by atoms with Gasteiger partial charge in [-0.05, 0) is 142 Å². The number of aromatic amines is 1. The maximum Gasteiger partial charge on any atom is 0.403 e. The first-order chi connectivity index (χ1) is 62.7. The van der Waals surface area contributed by atoms with Crippen molar-refractivity contribution >= 4 is 139 Å². The molecular formula is C86H94F6N26O12S. The van der Waals surface area contributed by atoms with E-state index in [0.717, 1.165) is 61.8 Å². The third-order valence-corrected chi connectivity index (χ3v) is 23.9. The number of carbonyl (C=O) groups excluding carboxylic acids is 8. The van der Waals surface area contributed by atoms with E-state index in [0.29, 0.717) is 108 Å². The van der Waals surface area contributed by atoms with E-state index >= 15 is 0 Å². The lowest BCUT2D eigenvalue weighted by Crippen LogP contribution is -2.48. The molecule has 688 valence electrons. The second-order valence-electron chi connectivity index (χ2n) is 33.2. The minimum atomic E-state index is -4.57. The molecule has 10 aromatic rings. The Bertz CT molecular complexity index is 5870. The summed E-state index contributed by atoms with van der Waals surface area (Å²) < 4.78 is 81.4. The minimum Gasteiger partial charge on any atom is -0.491 e. The van der Waals surface area contributed by atoms with Gasteiger partial charge >= 0.3 is 36.5 Å². The van der Waals surface area contributed by atoms with Crippen molar-refractivity contribution in [3.63, 3.8) is 0 Å². The number of H-pyrrole nitrogens is 1. The van der Waals surface area contributed by atoms with Crippen LogP contribution in [0.15, 0.2) is 133 Å². The van der Waals surface area contributed by atoms with Crippen molar-refractivity contribution in [2.45, 2.75) is 146 Å². The van der Waals surface area contributed by atoms with Crippen molar-refractivity contribution < 1.29 is 84.8 Å². The summed E-state index contributed by atoms with van der Waals surface area (Å²) in [4.78, 5) is 161. The number of aliphatic hydroxyl groups is 3. The molecule has 0 spiro atoms. The number of aromatic nitrogens is 12. The van der Waals surface area contributed by atoms with Crippen molar-refractivity contribution in [2.24, 2.45) is 16.9 Å². The highest BCUT2D eigenvalue weighted by Crippen LogP contribution is 2.45. The molecule has 0 aromatic carbocycles. The number of pyridine rings is 7. The highest BCUT2D eigenvalue weighted by atomic mass is 32.1. The number of nitrogens with zero attached hydrogens (tertiary/aromatic N) is 19. The summed E-state index contributed by atoms with van der Waals surface area (Å²) >= 11 is 1.49. The third kappa shape index (κ3) is 21.3. The molecule has 8 aliphatic heterocycles. The number of aryl methyl sites for hydroxylation is 2. The summed E-state index contributed by atoms with van der Waals surface area (Å²) in [5, 5.41) is 48.5. The van der Waals surface area contributed by atoms with Crippen LogP contribution in [0.25, 0.3) is 11.0 Å². The van der Waals surface area contributed by atoms with Crippen LogP contribution < -0.4 is 76.7 Å². The molecule has 4 saturated heterocycles. The van der Waals surface area contributed by atoms with Crippen molar-refractivity contribution in [3.8, 4) is 5.75 Å². The number of hydrogen-bond donors (Lipinski definition) is 10. The van der Waals surface area contributed by atoms with E-state index in [1.165, 1.54) is 51.9 Å². The van der Waals surface area contributed by atoms with Crippen LogP contribution in [0.4, 0.5) is 115 Å². The molecule has 8 aliphatic rings. The molecule has 18 heterocycles. The Balaban J connectivity index is 0.000000134. The van der Waals surface area contributed by atoms with Gasteiger partial charge in [-0.1, -0.05) is 19.9 Å². The number of Topliss-reactive ketones (excluding diaryl/α,β-unsaturated/α-hetero) is 4. The smallest absolute Gasteiger partial charge is 0.403 e. The summed E-state index contributed by atoms with van der Waals surface area (Å²) in [6.07, 6.45) is -1.89. The number of halogens is 6. The van der Waals surface area contributed by atoms with Gasteiger partial charge in [0.05, 0.1) is 70.1 Å². The zero-order valence-corrected chi connectivity index (χ0v) is 72.0. The fourth-order valence-corrected chi connectivity index (χ4v) is 16.9. The second-order valence-corrected chi connectivity index (χ2v) is 33.9. The SMILES string of the molecule is CC(C)(CO)CC(=O)c1ccc2c(n1)N(C(=O)Nc1ccccn1)[C@H]1CCN2C1.Cc1ccc2c(NC(=O)N3c4nc(C(=O)CC[C@@H](N)C(F)(F)F)ccc4N4CC[C@H]3C4)n[nH]c2n1.N[C@H](CCC(=O)c1ccc2c(n1)N(C(=O)Nc1ncccn1)[C@H]1CCN2C1)C(F)(F)F.O=C(CCc1cscn1)c1ccc2c(n1)N(C(=O)Nc1cc(OC[C@H](O)CO)ccn1)[C@H]1CCN2C1. The van der Waals surface area contributed by atoms with Crippen LogP contribution in [0, 0.1) is 12.3 Å². The number of carbonyl (C=O) groups is 8. The molecule has 4 fully saturated rings. The van der Waals surface area contributed by atoms with Gasteiger partial charge in [0.25, 0.3) is 0 Å². The number of fused-ring (bicyclic) bond motifs is 17. The molecule has 38 nitrogen and oxygen atoms in total. The Labute approximate surface area is 748 Å². The maximum absolute atomic E-state index is 13.4. The van der Waals surface area contributed by atoms with Gasteiger partial charge in [0, 0.05) is 127 Å². The molecule has 8 bridgehead atoms. The van der Waals surface area contributed by atoms with Gasteiger partial charge in [-0.25, -0.2) is 69.0 Å². The Morgan fingerprint density at radius 1 is 0.527 bits per heavy atom. The number of amides is 8. The summed E-state index contributed by atoms with van der Waals surface area (Å²) in [6.45, 7) is 10.7. The van der Waals surface area contributed by atoms with Crippen LogP contribution in [0.1, 0.15) is 131 Å². The lowest BCUT2D eigenvalue weighted by molar-refractivity contribution is -0.149. The number of ether oxygens (including phenoxy) is 1. The first-order valence-electron chi connectivity index (χ1n) is 42.3. The molecule has 0 radical (unpaired) electrons. The zero-order valence-electron chi connectivity index (χ0n) is 71.1. The van der Waals surface area contributed by atoms with Crippen LogP contribution in [-0.4, -0.2) is 250 Å². The molecule has 0 saturated carbocycles. The van der Waals surface area contributed by atoms with Crippen LogP contribution >= 0.6 is 11.3 Å². The van der Waals surface area contributed by atoms with E-state index in [-0.39, 0.29) is 103 Å². The van der Waals surface area contributed by atoms with E-state index in [2.05, 4.69) is 101 Å². The summed E-state index contributed by atoms with van der Waals surface area (Å²) in [5.41, 5.74) is 17.3. The second kappa shape index (κ2) is 39.4. The van der Waals surface area contributed by atoms with Crippen LogP contribution in [0.2, 0.25) is 0 Å². The standard InChI is InChI=1S/C24H26N6O5S.C22H23F3N8O2.C21H25N5O3.C19H20F3N7O2/c31-11-17(32)12-35-18-5-7-25-22(9-18)28-24(34)30-16-6-8-29(10-16)20-3-2-19(27-23(20)30)21(33)4-1-15-13-36-14-26-15;1-11-2-3-13-18(27-11)30-31-19(13)29-21(35)33-12-8-9-32(10-12)15-5-4-14(28-20(15)33)16(34)6-7-17(26)22(23,24)25;1-21(2,13-27)11-17(28)15-6-7-16-19(23-15)26(14-8-10-25(16)12-14)20(29)24-18-5-3-4-9-22-18;20-19(21,22)15(23)5-4-14(30)12-2-3-13-16(26-12)29(11-6-9-28(13)10-11)18(31)27-17-24-7-1-8-25-17/h2-3,5,7,9,13-14,16-17,31-32H,1,4,6,8,10-12H2,(H,25,28,34);2-5,12,17H,6-10,26H2,1H3,(H2,27,29,30,31,35);3-7,9,14,27H,8,10-13H2,1-2H3,(H,22,24,29);1-3,7-8,11,15H,4-6,9-10,23H2,(H,24,25,27,31)/t16-,17+;12-,17+;14-;11-,15+/m0000/s1. The van der Waals surface area contributed by atoms with Gasteiger partial charge in [-0.3, -0.25) is 65.1 Å². The molecule has 7 atom stereocenters. The predicted octanol–water partition coefficient (Wildman–Crippen LogP) is 10.3. The van der Waals surface area contributed by atoms with E-state index in [1.807, 2.05) is 50.4 Å². The number of rotatable bonds is 24.